The van der Waals surface area contributed by atoms with Crippen LogP contribution in [0.2, 0.25) is 0 Å². The molecule has 7 rings (SSSR count). The lowest BCUT2D eigenvalue weighted by atomic mass is 9.78. The van der Waals surface area contributed by atoms with Gasteiger partial charge in [-0.2, -0.15) is 5.10 Å². The molecule has 3 aromatic carbocycles. The molecule has 11 atom stereocenters. The largest absolute Gasteiger partial charge is 0.507 e. The number of Topliss-reactive ketones (excluding diaryl/α,β-unsaturated/α-hetero) is 1. The number of allylic oxidation sites excluding steroid dienone is 2. The normalized spacial score (nSPS) is 29.9. The predicted octanol–water partition coefficient (Wildman–Crippen LogP) is 6.99. The van der Waals surface area contributed by atoms with Crippen LogP contribution in [0.3, 0.4) is 0 Å². The minimum Gasteiger partial charge on any atom is -0.507 e. The number of fused-ring (bicyclic) bond motifs is 14. The third-order valence-corrected chi connectivity index (χ3v) is 13.8. The molecule has 5 bridgehead atoms. The van der Waals surface area contributed by atoms with E-state index >= 15 is 0 Å². The molecule has 16 nitrogen and oxygen atoms in total. The summed E-state index contributed by atoms with van der Waals surface area (Å²) in [6.45, 7) is 20.7. The van der Waals surface area contributed by atoms with E-state index in [1.54, 1.807) is 39.8 Å². The number of hydrogen-bond acceptors (Lipinski definition) is 15. The van der Waals surface area contributed by atoms with E-state index in [4.69, 9.17) is 24.0 Å². The summed E-state index contributed by atoms with van der Waals surface area (Å²) in [5, 5.41) is 68.2. The van der Waals surface area contributed by atoms with E-state index in [2.05, 4.69) is 34.5 Å². The minimum atomic E-state index is -2.07. The fourth-order valence-electron chi connectivity index (χ4n) is 9.73. The van der Waals surface area contributed by atoms with Gasteiger partial charge in [-0.15, -0.1) is 0 Å². The van der Waals surface area contributed by atoms with E-state index in [0.29, 0.717) is 13.1 Å². The molecule has 4 aliphatic rings. The Morgan fingerprint density at radius 3 is 2.16 bits per heavy atom. The van der Waals surface area contributed by atoms with Gasteiger partial charge in [-0.05, 0) is 46.3 Å². The zero-order chi connectivity index (χ0) is 50.1. The number of piperazine rings is 1. The van der Waals surface area contributed by atoms with E-state index in [1.807, 2.05) is 25.8 Å². The molecule has 4 aliphatic heterocycles. The van der Waals surface area contributed by atoms with Crippen LogP contribution in [0.15, 0.2) is 65.5 Å². The summed E-state index contributed by atoms with van der Waals surface area (Å²) < 4.78 is 23.8. The molecule has 16 heteroatoms. The number of aryl methyl sites for hydroxylation is 1. The van der Waals surface area contributed by atoms with Gasteiger partial charge in [0, 0.05) is 80.8 Å². The summed E-state index contributed by atoms with van der Waals surface area (Å²) in [7, 11) is 1.44. The number of carbonyl (C=O) groups is 3. The van der Waals surface area contributed by atoms with Crippen LogP contribution >= 0.6 is 0 Å². The van der Waals surface area contributed by atoms with Gasteiger partial charge in [-0.1, -0.05) is 75.8 Å². The molecule has 1 saturated heterocycles. The van der Waals surface area contributed by atoms with Gasteiger partial charge in [0.15, 0.2) is 5.75 Å². The zero-order valence-electron chi connectivity index (χ0n) is 41.1. The standard InChI is InChI=1S/C52H68N4O12/c1-26-16-18-36(19-17-26)25-55-23-29(4)56(30(5)24-55)53-22-37-42-47(62)40-39(46(37)61)41-49(34(9)45(40)60)68-52(11,50(41)63)66-21-20-38(65-12)31(6)48(67-35(10)57)33(8)44(59)32(7)43(58)27(2)14-13-15-28(3)51(64)54-42/h13-22,27,29-33,38,43-44,48,58-62H,23-25H2,1-12H3,(H,54,64). The van der Waals surface area contributed by atoms with Crippen molar-refractivity contribution in [3.63, 3.8) is 0 Å². The third kappa shape index (κ3) is 10.2. The highest BCUT2D eigenvalue weighted by Gasteiger charge is 2.50. The van der Waals surface area contributed by atoms with Crippen molar-refractivity contribution >= 4 is 40.3 Å². The molecule has 0 aliphatic carbocycles. The third-order valence-electron chi connectivity index (χ3n) is 13.8. The van der Waals surface area contributed by atoms with Crippen molar-refractivity contribution in [2.45, 2.75) is 125 Å². The molecule has 1 amide bonds. The number of aliphatic hydroxyl groups is 2. The minimum absolute atomic E-state index is 0.0501. The Bertz CT molecular complexity index is 2510. The number of phenolic OH excluding ortho intramolecular Hbond substituents is 3. The lowest BCUT2D eigenvalue weighted by Gasteiger charge is -2.42. The van der Waals surface area contributed by atoms with E-state index < -0.39 is 88.8 Å². The molecule has 6 N–H and O–H groups in total. The van der Waals surface area contributed by atoms with Crippen LogP contribution in [0, 0.1) is 37.5 Å². The number of aliphatic hydroxyl groups excluding tert-OH is 2. The van der Waals surface area contributed by atoms with Gasteiger partial charge < -0.3 is 49.8 Å². The van der Waals surface area contributed by atoms with E-state index in [9.17, 15) is 39.9 Å². The Balaban J connectivity index is 1.48. The summed E-state index contributed by atoms with van der Waals surface area (Å²) in [6, 6.07) is 8.19. The van der Waals surface area contributed by atoms with Crippen LogP contribution in [0.1, 0.15) is 94.9 Å². The van der Waals surface area contributed by atoms with Gasteiger partial charge in [0.05, 0.1) is 65.1 Å². The number of hydrazone groups is 1. The first-order chi connectivity index (χ1) is 32.0. The highest BCUT2D eigenvalue weighted by atomic mass is 16.7. The average molecular weight is 941 g/mol. The number of nitrogens with one attached hydrogen (secondary N) is 1. The van der Waals surface area contributed by atoms with E-state index in [1.165, 1.54) is 70.6 Å². The Hall–Kier alpha value is -5.94. The van der Waals surface area contributed by atoms with Gasteiger partial charge in [0.1, 0.15) is 23.4 Å². The van der Waals surface area contributed by atoms with Gasteiger partial charge in [0.2, 0.25) is 0 Å². The molecular formula is C52H68N4O12. The van der Waals surface area contributed by atoms with Crippen molar-refractivity contribution in [2.24, 2.45) is 28.8 Å². The van der Waals surface area contributed by atoms with Crippen molar-refractivity contribution < 1.29 is 58.9 Å². The zero-order valence-corrected chi connectivity index (χ0v) is 41.1. The topological polar surface area (TPSA) is 220 Å². The van der Waals surface area contributed by atoms with E-state index in [-0.39, 0.29) is 56.6 Å². The lowest BCUT2D eigenvalue weighted by molar-refractivity contribution is -0.160. The monoisotopic (exact) mass is 940 g/mol. The summed E-state index contributed by atoms with van der Waals surface area (Å²) >= 11 is 0. The van der Waals surface area contributed by atoms with Crippen molar-refractivity contribution in [1.29, 1.82) is 0 Å². The van der Waals surface area contributed by atoms with Gasteiger partial charge in [-0.3, -0.25) is 24.3 Å². The van der Waals surface area contributed by atoms with Crippen molar-refractivity contribution in [3.05, 3.63) is 88.2 Å². The number of amides is 1. The molecule has 368 valence electrons. The number of benzene rings is 3. The van der Waals surface area contributed by atoms with E-state index in [0.717, 1.165) is 6.54 Å². The Labute approximate surface area is 398 Å². The number of carbonyl (C=O) groups excluding carboxylic acids is 3. The highest BCUT2D eigenvalue weighted by Crippen LogP contribution is 2.55. The molecular weight excluding hydrogens is 873 g/mol. The van der Waals surface area contributed by atoms with Gasteiger partial charge >= 0.3 is 11.8 Å². The Morgan fingerprint density at radius 1 is 0.897 bits per heavy atom. The molecule has 0 spiro atoms. The summed E-state index contributed by atoms with van der Waals surface area (Å²) in [4.78, 5) is 43.4. The second kappa shape index (κ2) is 20.7. The van der Waals surface area contributed by atoms with Crippen LogP contribution in [-0.2, 0) is 30.3 Å². The summed E-state index contributed by atoms with van der Waals surface area (Å²) in [5.74, 6) is -8.46. The smallest absolute Gasteiger partial charge is 0.312 e. The van der Waals surface area contributed by atoms with Crippen LogP contribution in [0.25, 0.3) is 10.8 Å². The first-order valence-corrected chi connectivity index (χ1v) is 23.2. The molecule has 68 heavy (non-hydrogen) atoms. The average Bonchev–Trinajstić information content (AvgIpc) is 3.55. The molecule has 0 saturated carbocycles. The molecule has 3 aromatic rings. The molecule has 11 unspecified atom stereocenters. The number of rotatable bonds is 6. The molecule has 1 fully saturated rings. The number of esters is 1. The van der Waals surface area contributed by atoms with Crippen molar-refractivity contribution in [3.8, 4) is 23.0 Å². The maximum absolute atomic E-state index is 14.7. The first-order valence-electron chi connectivity index (χ1n) is 23.2. The number of nitrogens with zero attached hydrogens (tertiary/aromatic N) is 3. The number of hydrogen-bond donors (Lipinski definition) is 6. The maximum atomic E-state index is 14.7. The second-order valence-corrected chi connectivity index (χ2v) is 19.1. The molecule has 0 aromatic heterocycles. The van der Waals surface area contributed by atoms with Crippen LogP contribution < -0.4 is 10.1 Å². The number of ketones is 1. The fourth-order valence-corrected chi connectivity index (χ4v) is 9.73. The van der Waals surface area contributed by atoms with Crippen LogP contribution in [-0.4, -0.2) is 122 Å². The quantitative estimate of drug-likeness (QED) is 0.0635. The number of aromatic hydroxyl groups is 3. The van der Waals surface area contributed by atoms with Crippen LogP contribution in [0.5, 0.6) is 23.0 Å². The van der Waals surface area contributed by atoms with Gasteiger partial charge in [-0.25, -0.2) is 0 Å². The number of phenols is 3. The predicted molar refractivity (Wildman–Crippen MR) is 259 cm³/mol. The lowest BCUT2D eigenvalue weighted by Crippen LogP contribution is -2.54. The maximum Gasteiger partial charge on any atom is 0.312 e. The number of anilines is 1. The first kappa shape index (κ1) is 51.5. The second-order valence-electron chi connectivity index (χ2n) is 19.1. The fraction of sp³-hybridized carbons (Fsp3) is 0.500. The molecule has 0 radical (unpaired) electrons. The number of ether oxygens (including phenoxy) is 4. The molecule has 4 heterocycles. The highest BCUT2D eigenvalue weighted by molar-refractivity contribution is 6.23. The van der Waals surface area contributed by atoms with Crippen molar-refractivity contribution in [2.75, 3.05) is 25.5 Å². The Kier molecular flexibility index (Phi) is 15.7. The number of methoxy groups -OCH3 is 1. The SMILES string of the molecule is COC1C=COC2(C)Oc3c(C)c(O)c4c(O)c(c(C=NN5C(C)CN(Cc6ccc(C)cc6)CC5C)c(O)c4c3C2=O)NC(=O)C(C)=CC=CC(C)C(O)C(C)C(O)C(C)C(OC(C)=O)C1C. The summed E-state index contributed by atoms with van der Waals surface area (Å²) in [6.07, 6.45) is 4.89. The summed E-state index contributed by atoms with van der Waals surface area (Å²) in [5.41, 5.74) is 1.97. The Morgan fingerprint density at radius 2 is 1.54 bits per heavy atom. The van der Waals surface area contributed by atoms with Crippen molar-refractivity contribution in [1.82, 2.24) is 9.91 Å². The van der Waals surface area contributed by atoms with Crippen LogP contribution in [0.4, 0.5) is 5.69 Å². The van der Waals surface area contributed by atoms with Gasteiger partial charge in [0.25, 0.3) is 11.7 Å².